The largest absolute Gasteiger partial charge is 0.372 e. The van der Waals surface area contributed by atoms with Gasteiger partial charge in [-0.25, -0.2) is 0 Å². The summed E-state index contributed by atoms with van der Waals surface area (Å²) in [6, 6.07) is 0. The van der Waals surface area contributed by atoms with E-state index in [1.165, 1.54) is 6.42 Å². The summed E-state index contributed by atoms with van der Waals surface area (Å²) in [6.07, 6.45) is 1.49. The molecule has 0 aliphatic rings. The highest BCUT2D eigenvalue weighted by Gasteiger charge is 2.14. The van der Waals surface area contributed by atoms with Crippen LogP contribution in [0.5, 0.6) is 0 Å². The van der Waals surface area contributed by atoms with Crippen LogP contribution in [0.2, 0.25) is 0 Å². The monoisotopic (exact) mass is 173 g/mol. The van der Waals surface area contributed by atoms with Gasteiger partial charge in [-0.05, 0) is 40.7 Å². The third kappa shape index (κ3) is 8.02. The molecule has 0 spiro atoms. The van der Waals surface area contributed by atoms with Crippen LogP contribution in [0.3, 0.4) is 0 Å². The van der Waals surface area contributed by atoms with Crippen LogP contribution in [-0.4, -0.2) is 24.8 Å². The maximum absolute atomic E-state index is 5.72. The van der Waals surface area contributed by atoms with Gasteiger partial charge in [0.15, 0.2) is 0 Å². The maximum Gasteiger partial charge on any atom is 0.0678 e. The predicted molar refractivity (Wildman–Crippen MR) is 53.5 cm³/mol. The Kier molecular flexibility index (Phi) is 5.51. The van der Waals surface area contributed by atoms with Crippen LogP contribution in [0.25, 0.3) is 0 Å². The standard InChI is InChI=1S/C10H23NO/c1-6-7-11-8-9(2)12-10(3,4)5/h9,11H,6-8H2,1-5H3. The average molecular weight is 173 g/mol. The van der Waals surface area contributed by atoms with Gasteiger partial charge in [-0.3, -0.25) is 0 Å². The quantitative estimate of drug-likeness (QED) is 0.643. The lowest BCUT2D eigenvalue weighted by molar-refractivity contribution is -0.0497. The molecule has 0 saturated carbocycles. The van der Waals surface area contributed by atoms with E-state index < -0.39 is 0 Å². The van der Waals surface area contributed by atoms with Gasteiger partial charge in [-0.15, -0.1) is 0 Å². The predicted octanol–water partition coefficient (Wildman–Crippen LogP) is 2.19. The molecular formula is C10H23NO. The molecule has 74 valence electrons. The Labute approximate surface area is 76.7 Å². The van der Waals surface area contributed by atoms with E-state index in [0.717, 1.165) is 13.1 Å². The first kappa shape index (κ1) is 11.9. The molecule has 2 nitrogen and oxygen atoms in total. The molecule has 0 aliphatic carbocycles. The van der Waals surface area contributed by atoms with Crippen LogP contribution in [0, 0.1) is 0 Å². The van der Waals surface area contributed by atoms with E-state index in [9.17, 15) is 0 Å². The highest BCUT2D eigenvalue weighted by Crippen LogP contribution is 2.09. The molecular weight excluding hydrogens is 150 g/mol. The summed E-state index contributed by atoms with van der Waals surface area (Å²) < 4.78 is 5.72. The average Bonchev–Trinajstić information content (AvgIpc) is 1.84. The number of ether oxygens (including phenoxy) is 1. The minimum atomic E-state index is -0.0205. The molecule has 1 N–H and O–H groups in total. The van der Waals surface area contributed by atoms with Crippen molar-refractivity contribution < 1.29 is 4.74 Å². The minimum absolute atomic E-state index is 0.0205. The molecule has 12 heavy (non-hydrogen) atoms. The van der Waals surface area contributed by atoms with E-state index in [1.54, 1.807) is 0 Å². The lowest BCUT2D eigenvalue weighted by Gasteiger charge is -2.25. The molecule has 2 heteroatoms. The zero-order valence-electron chi connectivity index (χ0n) is 9.11. The van der Waals surface area contributed by atoms with E-state index >= 15 is 0 Å². The van der Waals surface area contributed by atoms with Crippen molar-refractivity contribution in [2.45, 2.75) is 52.7 Å². The fourth-order valence-electron chi connectivity index (χ4n) is 1.13. The first-order chi connectivity index (χ1) is 5.45. The molecule has 0 radical (unpaired) electrons. The Hall–Kier alpha value is -0.0800. The molecule has 0 aliphatic heterocycles. The third-order valence-corrected chi connectivity index (χ3v) is 1.41. The van der Waals surface area contributed by atoms with Gasteiger partial charge in [0.05, 0.1) is 11.7 Å². The van der Waals surface area contributed by atoms with Crippen LogP contribution in [0.1, 0.15) is 41.0 Å². The Morgan fingerprint density at radius 1 is 1.33 bits per heavy atom. The van der Waals surface area contributed by atoms with Gasteiger partial charge < -0.3 is 10.1 Å². The van der Waals surface area contributed by atoms with Crippen molar-refractivity contribution in [1.29, 1.82) is 0 Å². The summed E-state index contributed by atoms with van der Waals surface area (Å²) >= 11 is 0. The Morgan fingerprint density at radius 2 is 1.92 bits per heavy atom. The Morgan fingerprint density at radius 3 is 2.33 bits per heavy atom. The molecule has 0 aromatic heterocycles. The molecule has 0 aromatic carbocycles. The zero-order valence-corrected chi connectivity index (χ0v) is 9.11. The first-order valence-corrected chi connectivity index (χ1v) is 4.84. The Balaban J connectivity index is 3.40. The molecule has 0 fully saturated rings. The molecule has 0 heterocycles. The highest BCUT2D eigenvalue weighted by molar-refractivity contribution is 4.64. The van der Waals surface area contributed by atoms with Crippen LogP contribution in [0.15, 0.2) is 0 Å². The number of rotatable bonds is 5. The highest BCUT2D eigenvalue weighted by atomic mass is 16.5. The van der Waals surface area contributed by atoms with Crippen LogP contribution in [-0.2, 0) is 4.74 Å². The molecule has 0 bridgehead atoms. The summed E-state index contributed by atoms with van der Waals surface area (Å²) in [6.45, 7) is 12.6. The number of hydrogen-bond acceptors (Lipinski definition) is 2. The summed E-state index contributed by atoms with van der Waals surface area (Å²) in [5.41, 5.74) is -0.0205. The molecule has 0 saturated heterocycles. The smallest absolute Gasteiger partial charge is 0.0678 e. The maximum atomic E-state index is 5.72. The second kappa shape index (κ2) is 5.55. The van der Waals surface area contributed by atoms with Crippen molar-refractivity contribution in [2.24, 2.45) is 0 Å². The van der Waals surface area contributed by atoms with Gasteiger partial charge in [0.1, 0.15) is 0 Å². The lowest BCUT2D eigenvalue weighted by Crippen LogP contribution is -2.33. The van der Waals surface area contributed by atoms with Gasteiger partial charge >= 0.3 is 0 Å². The second-order valence-electron chi connectivity index (χ2n) is 4.24. The van der Waals surface area contributed by atoms with E-state index in [1.807, 2.05) is 0 Å². The molecule has 0 rings (SSSR count). The van der Waals surface area contributed by atoms with Crippen LogP contribution >= 0.6 is 0 Å². The van der Waals surface area contributed by atoms with Crippen LogP contribution < -0.4 is 5.32 Å². The first-order valence-electron chi connectivity index (χ1n) is 4.84. The van der Waals surface area contributed by atoms with E-state index in [-0.39, 0.29) is 5.60 Å². The zero-order chi connectivity index (χ0) is 9.61. The van der Waals surface area contributed by atoms with Crippen molar-refractivity contribution >= 4 is 0 Å². The summed E-state index contributed by atoms with van der Waals surface area (Å²) in [5, 5.41) is 3.33. The van der Waals surface area contributed by atoms with Crippen molar-refractivity contribution in [3.8, 4) is 0 Å². The van der Waals surface area contributed by atoms with Gasteiger partial charge in [0.25, 0.3) is 0 Å². The molecule has 0 amide bonds. The van der Waals surface area contributed by atoms with E-state index in [0.29, 0.717) is 6.10 Å². The van der Waals surface area contributed by atoms with Crippen molar-refractivity contribution in [3.05, 3.63) is 0 Å². The fourth-order valence-corrected chi connectivity index (χ4v) is 1.13. The third-order valence-electron chi connectivity index (χ3n) is 1.41. The van der Waals surface area contributed by atoms with E-state index in [2.05, 4.69) is 39.9 Å². The van der Waals surface area contributed by atoms with Crippen molar-refractivity contribution in [2.75, 3.05) is 13.1 Å². The van der Waals surface area contributed by atoms with Crippen molar-refractivity contribution in [1.82, 2.24) is 5.32 Å². The van der Waals surface area contributed by atoms with Crippen molar-refractivity contribution in [3.63, 3.8) is 0 Å². The second-order valence-corrected chi connectivity index (χ2v) is 4.24. The molecule has 1 unspecified atom stereocenters. The number of hydrogen-bond donors (Lipinski definition) is 1. The van der Waals surface area contributed by atoms with Gasteiger partial charge in [-0.1, -0.05) is 6.92 Å². The topological polar surface area (TPSA) is 21.3 Å². The van der Waals surface area contributed by atoms with Gasteiger partial charge in [-0.2, -0.15) is 0 Å². The minimum Gasteiger partial charge on any atom is -0.372 e. The van der Waals surface area contributed by atoms with Crippen LogP contribution in [0.4, 0.5) is 0 Å². The molecule has 0 aromatic rings. The Bertz CT molecular complexity index is 107. The fraction of sp³-hybridized carbons (Fsp3) is 1.00. The van der Waals surface area contributed by atoms with Gasteiger partial charge in [0.2, 0.25) is 0 Å². The summed E-state index contributed by atoms with van der Waals surface area (Å²) in [4.78, 5) is 0. The summed E-state index contributed by atoms with van der Waals surface area (Å²) in [5.74, 6) is 0. The molecule has 1 atom stereocenters. The van der Waals surface area contributed by atoms with E-state index in [4.69, 9.17) is 4.74 Å². The normalized spacial score (nSPS) is 14.8. The van der Waals surface area contributed by atoms with Gasteiger partial charge in [0, 0.05) is 6.54 Å². The summed E-state index contributed by atoms with van der Waals surface area (Å²) in [7, 11) is 0. The SMILES string of the molecule is CCCNCC(C)OC(C)(C)C. The number of nitrogens with one attached hydrogen (secondary N) is 1. The lowest BCUT2D eigenvalue weighted by atomic mass is 10.2.